The molecule has 0 radical (unpaired) electrons. The summed E-state index contributed by atoms with van der Waals surface area (Å²) in [7, 11) is 0. The van der Waals surface area contributed by atoms with Crippen LogP contribution in [-0.2, 0) is 28.8 Å². The number of hydrogen-bond acceptors (Lipinski definition) is 4. The predicted molar refractivity (Wildman–Crippen MR) is 115 cm³/mol. The number of pyridine rings is 1. The average molecular weight is 468 g/mol. The lowest BCUT2D eigenvalue weighted by Crippen LogP contribution is -2.50. The van der Waals surface area contributed by atoms with Crippen molar-refractivity contribution in [3.8, 4) is 0 Å². The van der Waals surface area contributed by atoms with Gasteiger partial charge in [0.25, 0.3) is 5.56 Å². The van der Waals surface area contributed by atoms with E-state index in [1.807, 2.05) is 0 Å². The van der Waals surface area contributed by atoms with Gasteiger partial charge in [-0.1, -0.05) is 13.8 Å². The van der Waals surface area contributed by atoms with Gasteiger partial charge in [0.15, 0.2) is 0 Å². The molecule has 1 aromatic heterocycles. The second-order valence-corrected chi connectivity index (χ2v) is 10.6. The summed E-state index contributed by atoms with van der Waals surface area (Å²) in [6, 6.07) is 2.21. The standard InChI is InChI=1S/C24H32F3N3O3/c1-13-5-17-10-29-18(6-15(7-22(29)31)24(25,26)27)11-30(17)23(32)20-9-16(8-19(13)20)28-21-3-4-33-12-14(21)2/h6-7,13-14,16-17,19-21,28H,3-5,8-12H2,1-2H3/t13?,14-,16?,17?,19?,20?,21-/m0/s1. The average Bonchev–Trinajstić information content (AvgIpc) is 3.14. The molecule has 9 heteroatoms. The Morgan fingerprint density at radius 3 is 2.61 bits per heavy atom. The first-order valence-corrected chi connectivity index (χ1v) is 12.1. The Bertz CT molecular complexity index is 978. The first-order valence-electron chi connectivity index (χ1n) is 12.1. The summed E-state index contributed by atoms with van der Waals surface area (Å²) >= 11 is 0. The molecule has 33 heavy (non-hydrogen) atoms. The molecule has 5 rings (SSSR count). The maximum absolute atomic E-state index is 13.7. The number of amides is 1. The van der Waals surface area contributed by atoms with E-state index < -0.39 is 17.3 Å². The first-order chi connectivity index (χ1) is 15.6. The Morgan fingerprint density at radius 1 is 1.09 bits per heavy atom. The van der Waals surface area contributed by atoms with E-state index in [0.29, 0.717) is 23.9 Å². The summed E-state index contributed by atoms with van der Waals surface area (Å²) in [6.07, 6.45) is -1.15. The molecule has 3 aliphatic heterocycles. The highest BCUT2D eigenvalue weighted by molar-refractivity contribution is 5.80. The number of halogens is 3. The van der Waals surface area contributed by atoms with Gasteiger partial charge < -0.3 is 19.5 Å². The van der Waals surface area contributed by atoms with Crippen molar-refractivity contribution in [2.24, 2.45) is 23.7 Å². The van der Waals surface area contributed by atoms with Crippen LogP contribution in [0.2, 0.25) is 0 Å². The molecule has 4 aliphatic rings. The summed E-state index contributed by atoms with van der Waals surface area (Å²) in [6.45, 7) is 6.20. The number of hydrogen-bond donors (Lipinski definition) is 1. The summed E-state index contributed by atoms with van der Waals surface area (Å²) in [5.74, 6) is 0.902. The highest BCUT2D eigenvalue weighted by Crippen LogP contribution is 2.45. The van der Waals surface area contributed by atoms with E-state index >= 15 is 0 Å². The van der Waals surface area contributed by atoms with Gasteiger partial charge in [0.1, 0.15) is 0 Å². The highest BCUT2D eigenvalue weighted by Gasteiger charge is 2.49. The predicted octanol–water partition coefficient (Wildman–Crippen LogP) is 3.03. The number of rotatable bonds is 2. The smallest absolute Gasteiger partial charge is 0.381 e. The number of carbonyl (C=O) groups is 1. The second-order valence-electron chi connectivity index (χ2n) is 10.6. The third-order valence-electron chi connectivity index (χ3n) is 8.39. The van der Waals surface area contributed by atoms with E-state index in [-0.39, 0.29) is 48.6 Å². The Labute approximate surface area is 191 Å². The summed E-state index contributed by atoms with van der Waals surface area (Å²) in [4.78, 5) is 27.9. The SMILES string of the molecule is CC1CC2Cn3c(cc(C(F)(F)F)cc3=O)CN2C(=O)C2CC(N[C@H]3CCOC[C@@H]3C)CC12. The van der Waals surface area contributed by atoms with E-state index in [4.69, 9.17) is 4.74 Å². The lowest BCUT2D eigenvalue weighted by molar-refractivity contribution is -0.139. The molecule has 1 saturated carbocycles. The van der Waals surface area contributed by atoms with Gasteiger partial charge in [-0.25, -0.2) is 0 Å². The summed E-state index contributed by atoms with van der Waals surface area (Å²) < 4.78 is 46.8. The Morgan fingerprint density at radius 2 is 1.88 bits per heavy atom. The number of nitrogens with one attached hydrogen (secondary N) is 1. The van der Waals surface area contributed by atoms with Crippen molar-refractivity contribution in [3.63, 3.8) is 0 Å². The molecule has 0 bridgehead atoms. The van der Waals surface area contributed by atoms with Crippen LogP contribution in [0.4, 0.5) is 13.2 Å². The Kier molecular flexibility index (Phi) is 5.84. The zero-order valence-corrected chi connectivity index (χ0v) is 19.1. The fraction of sp³-hybridized carbons (Fsp3) is 0.750. The highest BCUT2D eigenvalue weighted by atomic mass is 19.4. The molecule has 4 heterocycles. The van der Waals surface area contributed by atoms with Crippen LogP contribution in [0.1, 0.15) is 50.8 Å². The molecule has 6 nitrogen and oxygen atoms in total. The molecule has 1 aliphatic carbocycles. The Balaban J connectivity index is 1.37. The van der Waals surface area contributed by atoms with E-state index in [0.717, 1.165) is 45.0 Å². The van der Waals surface area contributed by atoms with Crippen LogP contribution < -0.4 is 10.9 Å². The van der Waals surface area contributed by atoms with Crippen molar-refractivity contribution in [3.05, 3.63) is 33.7 Å². The van der Waals surface area contributed by atoms with Gasteiger partial charge in [0, 0.05) is 42.9 Å². The van der Waals surface area contributed by atoms with Crippen LogP contribution in [0.25, 0.3) is 0 Å². The summed E-state index contributed by atoms with van der Waals surface area (Å²) in [5, 5.41) is 3.78. The third-order valence-corrected chi connectivity index (χ3v) is 8.39. The number of fused-ring (bicyclic) bond motifs is 3. The maximum atomic E-state index is 13.7. The number of carbonyl (C=O) groups excluding carboxylic acids is 1. The normalized spacial score (nSPS) is 36.7. The van der Waals surface area contributed by atoms with Crippen LogP contribution in [0.5, 0.6) is 0 Å². The van der Waals surface area contributed by atoms with Crippen LogP contribution in [0, 0.1) is 23.7 Å². The minimum absolute atomic E-state index is 0.0368. The van der Waals surface area contributed by atoms with Gasteiger partial charge in [-0.2, -0.15) is 13.2 Å². The van der Waals surface area contributed by atoms with Crippen molar-refractivity contribution in [2.45, 2.75) is 76.9 Å². The molecule has 0 spiro atoms. The van der Waals surface area contributed by atoms with Crippen molar-refractivity contribution in [2.75, 3.05) is 13.2 Å². The molecular formula is C24H32F3N3O3. The van der Waals surface area contributed by atoms with Crippen LogP contribution >= 0.6 is 0 Å². The molecule has 1 aromatic rings. The van der Waals surface area contributed by atoms with Gasteiger partial charge in [0.2, 0.25) is 5.91 Å². The molecule has 182 valence electrons. The van der Waals surface area contributed by atoms with Gasteiger partial charge in [0.05, 0.1) is 24.8 Å². The number of nitrogens with zero attached hydrogens (tertiary/aromatic N) is 2. The lowest BCUT2D eigenvalue weighted by atomic mass is 9.83. The van der Waals surface area contributed by atoms with E-state index in [1.54, 1.807) is 4.90 Å². The number of ether oxygens (including phenoxy) is 1. The zero-order chi connectivity index (χ0) is 23.5. The number of alkyl halides is 3. The topological polar surface area (TPSA) is 63.6 Å². The maximum Gasteiger partial charge on any atom is 0.416 e. The minimum atomic E-state index is -4.58. The van der Waals surface area contributed by atoms with E-state index in [2.05, 4.69) is 19.2 Å². The molecular weight excluding hydrogens is 435 g/mol. The molecule has 1 N–H and O–H groups in total. The molecule has 5 unspecified atom stereocenters. The molecule has 2 saturated heterocycles. The molecule has 7 atom stereocenters. The summed E-state index contributed by atoms with van der Waals surface area (Å²) in [5.41, 5.74) is -1.31. The third kappa shape index (κ3) is 4.22. The van der Waals surface area contributed by atoms with Crippen LogP contribution in [0.3, 0.4) is 0 Å². The van der Waals surface area contributed by atoms with E-state index in [1.165, 1.54) is 4.57 Å². The molecule has 1 amide bonds. The van der Waals surface area contributed by atoms with Crippen LogP contribution in [-0.4, -0.2) is 46.7 Å². The first kappa shape index (κ1) is 22.9. The largest absolute Gasteiger partial charge is 0.416 e. The van der Waals surface area contributed by atoms with Gasteiger partial charge in [-0.3, -0.25) is 9.59 Å². The lowest BCUT2D eigenvalue weighted by Gasteiger charge is -2.38. The Hall–Kier alpha value is -1.87. The van der Waals surface area contributed by atoms with Crippen molar-refractivity contribution >= 4 is 5.91 Å². The van der Waals surface area contributed by atoms with Crippen LogP contribution in [0.15, 0.2) is 16.9 Å². The van der Waals surface area contributed by atoms with Crippen molar-refractivity contribution < 1.29 is 22.7 Å². The van der Waals surface area contributed by atoms with E-state index in [9.17, 15) is 22.8 Å². The number of aromatic nitrogens is 1. The quantitative estimate of drug-likeness (QED) is 0.727. The second kappa shape index (κ2) is 8.41. The van der Waals surface area contributed by atoms with Gasteiger partial charge in [-0.15, -0.1) is 0 Å². The fourth-order valence-electron chi connectivity index (χ4n) is 6.59. The van der Waals surface area contributed by atoms with Crippen molar-refractivity contribution in [1.82, 2.24) is 14.8 Å². The van der Waals surface area contributed by atoms with Crippen molar-refractivity contribution in [1.29, 1.82) is 0 Å². The fourth-order valence-corrected chi connectivity index (χ4v) is 6.59. The molecule has 3 fully saturated rings. The zero-order valence-electron chi connectivity index (χ0n) is 19.1. The monoisotopic (exact) mass is 467 g/mol. The van der Waals surface area contributed by atoms with Gasteiger partial charge in [-0.05, 0) is 49.5 Å². The van der Waals surface area contributed by atoms with Gasteiger partial charge >= 0.3 is 6.18 Å². The molecule has 0 aromatic carbocycles. The minimum Gasteiger partial charge on any atom is -0.381 e.